The van der Waals surface area contributed by atoms with Gasteiger partial charge in [-0.25, -0.2) is 8.78 Å². The first kappa shape index (κ1) is 18.1. The summed E-state index contributed by atoms with van der Waals surface area (Å²) < 4.78 is 27.1. The van der Waals surface area contributed by atoms with Gasteiger partial charge in [-0.2, -0.15) is 0 Å². The summed E-state index contributed by atoms with van der Waals surface area (Å²) in [4.78, 5) is 25.0. The van der Waals surface area contributed by atoms with Crippen molar-refractivity contribution in [3.8, 4) is 0 Å². The highest BCUT2D eigenvalue weighted by Crippen LogP contribution is 2.18. The molecule has 0 spiro atoms. The lowest BCUT2D eigenvalue weighted by Crippen LogP contribution is -2.37. The molecular formula is C17H15BrF2N2O2. The first-order valence-corrected chi connectivity index (χ1v) is 7.94. The van der Waals surface area contributed by atoms with Crippen molar-refractivity contribution in [2.75, 3.05) is 18.0 Å². The fourth-order valence-electron chi connectivity index (χ4n) is 2.13. The van der Waals surface area contributed by atoms with Gasteiger partial charge in [0.1, 0.15) is 0 Å². The van der Waals surface area contributed by atoms with E-state index in [-0.39, 0.29) is 30.6 Å². The van der Waals surface area contributed by atoms with E-state index >= 15 is 0 Å². The second-order valence-electron chi connectivity index (χ2n) is 5.04. The van der Waals surface area contributed by atoms with Crippen molar-refractivity contribution in [1.82, 2.24) is 5.32 Å². The van der Waals surface area contributed by atoms with Crippen LogP contribution < -0.4 is 10.2 Å². The predicted molar refractivity (Wildman–Crippen MR) is 90.9 cm³/mol. The van der Waals surface area contributed by atoms with Crippen LogP contribution in [-0.2, 0) is 4.79 Å². The van der Waals surface area contributed by atoms with Crippen molar-refractivity contribution >= 4 is 33.4 Å². The van der Waals surface area contributed by atoms with E-state index in [1.54, 1.807) is 24.3 Å². The topological polar surface area (TPSA) is 49.4 Å². The molecule has 0 aromatic heterocycles. The van der Waals surface area contributed by atoms with Crippen molar-refractivity contribution in [2.45, 2.75) is 6.92 Å². The molecule has 0 atom stereocenters. The van der Waals surface area contributed by atoms with Crippen LogP contribution in [0.2, 0.25) is 0 Å². The molecule has 24 heavy (non-hydrogen) atoms. The first-order chi connectivity index (χ1) is 11.4. The smallest absolute Gasteiger partial charge is 0.251 e. The van der Waals surface area contributed by atoms with E-state index in [0.717, 1.165) is 16.6 Å². The zero-order valence-corrected chi connectivity index (χ0v) is 14.4. The number of hydrogen-bond donors (Lipinski definition) is 1. The summed E-state index contributed by atoms with van der Waals surface area (Å²) >= 11 is 3.29. The number of anilines is 1. The van der Waals surface area contributed by atoms with Crippen molar-refractivity contribution in [3.05, 3.63) is 64.1 Å². The molecule has 126 valence electrons. The highest BCUT2D eigenvalue weighted by atomic mass is 79.9. The van der Waals surface area contributed by atoms with E-state index in [4.69, 9.17) is 0 Å². The van der Waals surface area contributed by atoms with E-state index < -0.39 is 11.6 Å². The van der Waals surface area contributed by atoms with E-state index in [1.165, 1.54) is 17.9 Å². The molecule has 1 N–H and O–H groups in total. The van der Waals surface area contributed by atoms with Gasteiger partial charge in [0, 0.05) is 41.8 Å². The molecule has 2 amide bonds. The number of rotatable bonds is 5. The van der Waals surface area contributed by atoms with Gasteiger partial charge in [-0.1, -0.05) is 22.0 Å². The van der Waals surface area contributed by atoms with Crippen LogP contribution in [0.1, 0.15) is 17.3 Å². The monoisotopic (exact) mass is 396 g/mol. The number of hydrogen-bond acceptors (Lipinski definition) is 2. The highest BCUT2D eigenvalue weighted by Gasteiger charge is 2.14. The quantitative estimate of drug-likeness (QED) is 0.840. The maximum Gasteiger partial charge on any atom is 0.251 e. The van der Waals surface area contributed by atoms with E-state index in [0.29, 0.717) is 5.56 Å². The van der Waals surface area contributed by atoms with Gasteiger partial charge in [0.2, 0.25) is 5.91 Å². The summed E-state index contributed by atoms with van der Waals surface area (Å²) in [5.41, 5.74) is 0.713. The van der Waals surface area contributed by atoms with E-state index in [9.17, 15) is 18.4 Å². The third kappa shape index (κ3) is 4.61. The van der Waals surface area contributed by atoms with Crippen molar-refractivity contribution in [1.29, 1.82) is 0 Å². The van der Waals surface area contributed by atoms with Gasteiger partial charge >= 0.3 is 0 Å². The maximum atomic E-state index is 13.3. The molecule has 0 bridgehead atoms. The molecule has 0 heterocycles. The zero-order valence-electron chi connectivity index (χ0n) is 12.9. The minimum Gasteiger partial charge on any atom is -0.350 e. The molecule has 0 saturated carbocycles. The molecular weight excluding hydrogens is 382 g/mol. The van der Waals surface area contributed by atoms with Crippen LogP contribution in [0.15, 0.2) is 46.9 Å². The molecule has 2 aromatic rings. The number of carbonyl (C=O) groups excluding carboxylic acids is 2. The summed E-state index contributed by atoms with van der Waals surface area (Å²) in [5.74, 6) is -2.63. The number of carbonyl (C=O) groups is 2. The van der Waals surface area contributed by atoms with Crippen LogP contribution in [0.5, 0.6) is 0 Å². The number of benzene rings is 2. The number of amides is 2. The minimum atomic E-state index is -1.03. The van der Waals surface area contributed by atoms with Gasteiger partial charge < -0.3 is 10.2 Å². The lowest BCUT2D eigenvalue weighted by atomic mass is 10.2. The Bertz CT molecular complexity index is 768. The Kier molecular flexibility index (Phi) is 6.03. The van der Waals surface area contributed by atoms with Gasteiger partial charge in [0.15, 0.2) is 11.6 Å². The zero-order chi connectivity index (χ0) is 17.7. The number of nitrogens with one attached hydrogen (secondary N) is 1. The molecule has 0 saturated heterocycles. The van der Waals surface area contributed by atoms with E-state index in [1.807, 2.05) is 0 Å². The summed E-state index contributed by atoms with van der Waals surface area (Å²) in [6.45, 7) is 1.63. The van der Waals surface area contributed by atoms with Crippen molar-refractivity contribution < 1.29 is 18.4 Å². The Morgan fingerprint density at radius 1 is 1.12 bits per heavy atom. The molecule has 0 fully saturated rings. The van der Waals surface area contributed by atoms with Crippen LogP contribution >= 0.6 is 15.9 Å². The van der Waals surface area contributed by atoms with Crippen LogP contribution in [-0.4, -0.2) is 24.9 Å². The lowest BCUT2D eigenvalue weighted by Gasteiger charge is -2.21. The van der Waals surface area contributed by atoms with Crippen LogP contribution in [0.4, 0.5) is 14.5 Å². The Labute approximate surface area is 146 Å². The number of nitrogens with zero attached hydrogens (tertiary/aromatic N) is 1. The van der Waals surface area contributed by atoms with Gasteiger partial charge in [0.25, 0.3) is 5.91 Å². The fraction of sp³-hybridized carbons (Fsp3) is 0.176. The van der Waals surface area contributed by atoms with Gasteiger partial charge in [-0.05, 0) is 30.3 Å². The van der Waals surface area contributed by atoms with Gasteiger partial charge in [-0.3, -0.25) is 9.59 Å². The molecule has 0 radical (unpaired) electrons. The Hall–Kier alpha value is -2.28. The molecule has 0 aliphatic carbocycles. The van der Waals surface area contributed by atoms with Crippen molar-refractivity contribution in [3.63, 3.8) is 0 Å². The average Bonchev–Trinajstić information content (AvgIpc) is 2.54. The normalized spacial score (nSPS) is 10.3. The molecule has 2 aromatic carbocycles. The Morgan fingerprint density at radius 2 is 1.88 bits per heavy atom. The highest BCUT2D eigenvalue weighted by molar-refractivity contribution is 9.10. The molecule has 0 aliphatic rings. The molecule has 0 unspecified atom stereocenters. The average molecular weight is 397 g/mol. The van der Waals surface area contributed by atoms with Crippen LogP contribution in [0.25, 0.3) is 0 Å². The van der Waals surface area contributed by atoms with Gasteiger partial charge in [-0.15, -0.1) is 0 Å². The number of halogens is 3. The summed E-state index contributed by atoms with van der Waals surface area (Å²) in [5, 5.41) is 2.69. The standard InChI is InChI=1S/C17H15BrF2N2O2/c1-11(23)22(14-5-6-15(19)16(20)10-14)8-7-21-17(24)12-3-2-4-13(18)9-12/h2-6,9-10H,7-8H2,1H3,(H,21,24). The molecule has 0 aliphatic heterocycles. The van der Waals surface area contributed by atoms with Crippen LogP contribution in [0.3, 0.4) is 0 Å². The van der Waals surface area contributed by atoms with E-state index in [2.05, 4.69) is 21.2 Å². The lowest BCUT2D eigenvalue weighted by molar-refractivity contribution is -0.116. The second kappa shape index (κ2) is 8.01. The van der Waals surface area contributed by atoms with Gasteiger partial charge in [0.05, 0.1) is 0 Å². The molecule has 2 rings (SSSR count). The molecule has 4 nitrogen and oxygen atoms in total. The third-order valence-electron chi connectivity index (χ3n) is 3.30. The Balaban J connectivity index is 2.00. The van der Waals surface area contributed by atoms with Crippen LogP contribution in [0, 0.1) is 11.6 Å². The summed E-state index contributed by atoms with van der Waals surface area (Å²) in [6.07, 6.45) is 0. The second-order valence-corrected chi connectivity index (χ2v) is 5.95. The first-order valence-electron chi connectivity index (χ1n) is 7.15. The van der Waals surface area contributed by atoms with Crippen molar-refractivity contribution in [2.24, 2.45) is 0 Å². The fourth-order valence-corrected chi connectivity index (χ4v) is 2.53. The molecule has 7 heteroatoms. The summed E-state index contributed by atoms with van der Waals surface area (Å²) in [6, 6.07) is 10.1. The Morgan fingerprint density at radius 3 is 2.50 bits per heavy atom. The maximum absolute atomic E-state index is 13.3. The summed E-state index contributed by atoms with van der Waals surface area (Å²) in [7, 11) is 0. The largest absolute Gasteiger partial charge is 0.350 e. The SMILES string of the molecule is CC(=O)N(CCNC(=O)c1cccc(Br)c1)c1ccc(F)c(F)c1. The third-order valence-corrected chi connectivity index (χ3v) is 3.80. The minimum absolute atomic E-state index is 0.139. The predicted octanol–water partition coefficient (Wildman–Crippen LogP) is 3.51.